The highest BCUT2D eigenvalue weighted by Crippen LogP contribution is 2.29. The van der Waals surface area contributed by atoms with Crippen LogP contribution in [0.1, 0.15) is 25.1 Å². The van der Waals surface area contributed by atoms with Crippen LogP contribution in [0.3, 0.4) is 0 Å². The van der Waals surface area contributed by atoms with E-state index in [1.165, 1.54) is 12.2 Å². The van der Waals surface area contributed by atoms with E-state index < -0.39 is 21.9 Å². The maximum Gasteiger partial charge on any atom is 0.357 e. The summed E-state index contributed by atoms with van der Waals surface area (Å²) >= 11 is 0. The maximum absolute atomic E-state index is 11.6. The first-order chi connectivity index (χ1) is 12.0. The number of aromatic nitrogens is 2. The molecule has 0 saturated carbocycles. The fourth-order valence-corrected chi connectivity index (χ4v) is 2.15. The van der Waals surface area contributed by atoms with Gasteiger partial charge < -0.3 is 14.5 Å². The summed E-state index contributed by atoms with van der Waals surface area (Å²) < 4.78 is 11.0. The molecule has 2 aromatic rings. The minimum atomic E-state index is -1.06. The van der Waals surface area contributed by atoms with Crippen molar-refractivity contribution in [3.8, 4) is 11.5 Å². The van der Waals surface area contributed by atoms with E-state index in [0.29, 0.717) is 30.3 Å². The van der Waals surface area contributed by atoms with Gasteiger partial charge in [-0.25, -0.2) is 4.79 Å². The predicted molar refractivity (Wildman–Crippen MR) is 92.0 cm³/mol. The minimum Gasteiger partial charge on any atom is -0.490 e. The number of hydrogen-bond donors (Lipinski definition) is 2. The molecule has 0 unspecified atom stereocenters. The first-order valence-electron chi connectivity index (χ1n) is 7.55. The molecule has 9 heteroatoms. The Morgan fingerprint density at radius 3 is 2.40 bits per heavy atom. The largest absolute Gasteiger partial charge is 0.490 e. The Morgan fingerprint density at radius 2 is 1.76 bits per heavy atom. The van der Waals surface area contributed by atoms with Crippen molar-refractivity contribution in [2.45, 2.75) is 13.8 Å². The molecule has 2 N–H and O–H groups in total. The van der Waals surface area contributed by atoms with Crippen LogP contribution in [0.4, 0.5) is 5.69 Å². The average molecular weight is 347 g/mol. The summed E-state index contributed by atoms with van der Waals surface area (Å²) in [5.41, 5.74) is -2.15. The predicted octanol–water partition coefficient (Wildman–Crippen LogP) is 1.94. The molecule has 0 aliphatic heterocycles. The molecule has 0 radical (unpaired) electrons. The molecular formula is C16H17N3O6. The molecule has 0 spiro atoms. The van der Waals surface area contributed by atoms with Gasteiger partial charge in [0, 0.05) is 0 Å². The van der Waals surface area contributed by atoms with Crippen molar-refractivity contribution in [3.63, 3.8) is 0 Å². The molecule has 0 bridgehead atoms. The molecule has 0 amide bonds. The number of nitrogens with one attached hydrogen (secondary N) is 2. The Balaban J connectivity index is 2.43. The number of rotatable bonds is 7. The van der Waals surface area contributed by atoms with Crippen LogP contribution >= 0.6 is 0 Å². The van der Waals surface area contributed by atoms with Gasteiger partial charge in [-0.2, -0.15) is 0 Å². The van der Waals surface area contributed by atoms with Gasteiger partial charge in [-0.05, 0) is 37.6 Å². The topological polar surface area (TPSA) is 127 Å². The Labute approximate surface area is 142 Å². The molecule has 1 aromatic carbocycles. The molecule has 132 valence electrons. The van der Waals surface area contributed by atoms with Gasteiger partial charge in [-0.1, -0.05) is 12.1 Å². The van der Waals surface area contributed by atoms with E-state index in [-0.39, 0.29) is 5.69 Å². The van der Waals surface area contributed by atoms with Gasteiger partial charge in [0.25, 0.3) is 0 Å². The highest BCUT2D eigenvalue weighted by Gasteiger charge is 2.18. The lowest BCUT2D eigenvalue weighted by Gasteiger charge is -2.11. The summed E-state index contributed by atoms with van der Waals surface area (Å²) in [6.45, 7) is 4.62. The number of ether oxygens (including phenoxy) is 2. The van der Waals surface area contributed by atoms with E-state index in [1.807, 2.05) is 18.8 Å². The first kappa shape index (κ1) is 18.0. The minimum absolute atomic E-state index is 0.189. The van der Waals surface area contributed by atoms with Crippen LogP contribution in [0, 0.1) is 10.1 Å². The number of nitrogens with zero attached hydrogens (tertiary/aromatic N) is 1. The number of aromatic amines is 2. The van der Waals surface area contributed by atoms with Crippen LogP contribution in [0.25, 0.3) is 12.2 Å². The van der Waals surface area contributed by atoms with Crippen LogP contribution < -0.4 is 20.7 Å². The van der Waals surface area contributed by atoms with Crippen molar-refractivity contribution in [1.29, 1.82) is 0 Å². The smallest absolute Gasteiger partial charge is 0.357 e. The second-order valence-corrected chi connectivity index (χ2v) is 4.83. The summed E-state index contributed by atoms with van der Waals surface area (Å²) in [5, 5.41) is 11.0. The van der Waals surface area contributed by atoms with Gasteiger partial charge in [-0.3, -0.25) is 19.9 Å². The van der Waals surface area contributed by atoms with Crippen LogP contribution in [0.5, 0.6) is 11.5 Å². The quantitative estimate of drug-likeness (QED) is 0.582. The van der Waals surface area contributed by atoms with E-state index in [1.54, 1.807) is 18.2 Å². The zero-order valence-corrected chi connectivity index (χ0v) is 13.7. The fourth-order valence-electron chi connectivity index (χ4n) is 2.15. The number of benzene rings is 1. The highest BCUT2D eigenvalue weighted by molar-refractivity contribution is 5.72. The van der Waals surface area contributed by atoms with E-state index in [0.717, 1.165) is 0 Å². The molecule has 25 heavy (non-hydrogen) atoms. The Morgan fingerprint density at radius 1 is 1.08 bits per heavy atom. The van der Waals surface area contributed by atoms with E-state index in [9.17, 15) is 19.7 Å². The van der Waals surface area contributed by atoms with Gasteiger partial charge in [0.1, 0.15) is 5.69 Å². The second kappa shape index (κ2) is 7.95. The van der Waals surface area contributed by atoms with Crippen molar-refractivity contribution in [1.82, 2.24) is 9.97 Å². The normalized spacial score (nSPS) is 10.8. The zero-order chi connectivity index (χ0) is 18.4. The second-order valence-electron chi connectivity index (χ2n) is 4.83. The van der Waals surface area contributed by atoms with Gasteiger partial charge in [0.15, 0.2) is 11.5 Å². The Bertz CT molecular complexity index is 913. The van der Waals surface area contributed by atoms with Crippen LogP contribution in [0.2, 0.25) is 0 Å². The molecule has 0 atom stereocenters. The van der Waals surface area contributed by atoms with E-state index in [4.69, 9.17) is 9.47 Å². The summed E-state index contributed by atoms with van der Waals surface area (Å²) in [5.74, 6) is 1.11. The molecule has 0 aliphatic rings. The molecule has 0 fully saturated rings. The standard InChI is InChI=1S/C16H17N3O6/c1-3-24-12-8-6-10(9-13(12)25-4-2)5-7-11-14(19(22)23)15(20)18-16(21)17-11/h5-9H,3-4H2,1-2H3,(H2,17,18,20,21)/b7-5-. The summed E-state index contributed by atoms with van der Waals surface area (Å²) in [7, 11) is 0. The first-order valence-corrected chi connectivity index (χ1v) is 7.55. The van der Waals surface area contributed by atoms with Gasteiger partial charge in [0.2, 0.25) is 0 Å². The fraction of sp³-hybridized carbons (Fsp3) is 0.250. The third-order valence-corrected chi connectivity index (χ3v) is 3.14. The summed E-state index contributed by atoms with van der Waals surface area (Å²) in [4.78, 5) is 37.2. The Kier molecular flexibility index (Phi) is 5.72. The lowest BCUT2D eigenvalue weighted by molar-refractivity contribution is -0.386. The third-order valence-electron chi connectivity index (χ3n) is 3.14. The van der Waals surface area contributed by atoms with Crippen LogP contribution in [-0.4, -0.2) is 28.1 Å². The van der Waals surface area contributed by atoms with E-state index >= 15 is 0 Å². The molecule has 2 rings (SSSR count). The lowest BCUT2D eigenvalue weighted by atomic mass is 10.1. The maximum atomic E-state index is 11.6. The van der Waals surface area contributed by atoms with Crippen molar-refractivity contribution < 1.29 is 14.4 Å². The lowest BCUT2D eigenvalue weighted by Crippen LogP contribution is -2.25. The van der Waals surface area contributed by atoms with Crippen molar-refractivity contribution in [3.05, 3.63) is 60.4 Å². The number of nitro groups is 1. The van der Waals surface area contributed by atoms with Crippen LogP contribution in [-0.2, 0) is 0 Å². The zero-order valence-electron chi connectivity index (χ0n) is 13.7. The summed E-state index contributed by atoms with van der Waals surface area (Å²) in [6.07, 6.45) is 2.82. The molecule has 1 heterocycles. The third kappa shape index (κ3) is 4.34. The van der Waals surface area contributed by atoms with Crippen molar-refractivity contribution >= 4 is 17.8 Å². The van der Waals surface area contributed by atoms with Gasteiger partial charge in [-0.15, -0.1) is 0 Å². The van der Waals surface area contributed by atoms with Crippen LogP contribution in [0.15, 0.2) is 27.8 Å². The van der Waals surface area contributed by atoms with Crippen molar-refractivity contribution in [2.75, 3.05) is 13.2 Å². The van der Waals surface area contributed by atoms with Gasteiger partial charge in [0.05, 0.1) is 18.1 Å². The Hall–Kier alpha value is -3.36. The SMILES string of the molecule is CCOc1ccc(/C=C\c2[nH]c(=O)[nH]c(=O)c2[N+](=O)[O-])cc1OCC. The molecule has 0 aliphatic carbocycles. The molecule has 9 nitrogen and oxygen atoms in total. The molecular weight excluding hydrogens is 330 g/mol. The monoisotopic (exact) mass is 347 g/mol. The van der Waals surface area contributed by atoms with Gasteiger partial charge >= 0.3 is 16.9 Å². The van der Waals surface area contributed by atoms with E-state index in [2.05, 4.69) is 4.98 Å². The number of hydrogen-bond acceptors (Lipinski definition) is 6. The summed E-state index contributed by atoms with van der Waals surface area (Å²) in [6, 6.07) is 5.13. The van der Waals surface area contributed by atoms with Crippen molar-refractivity contribution in [2.24, 2.45) is 0 Å². The average Bonchev–Trinajstić information content (AvgIpc) is 2.54. The molecule has 0 saturated heterocycles. The molecule has 1 aromatic heterocycles. The number of H-pyrrole nitrogens is 2. The highest BCUT2D eigenvalue weighted by atomic mass is 16.6.